The highest BCUT2D eigenvalue weighted by Crippen LogP contribution is 2.35. The smallest absolute Gasteiger partial charge is 0.119 e. The summed E-state index contributed by atoms with van der Waals surface area (Å²) in [4.78, 5) is 6.99. The van der Waals surface area contributed by atoms with Crippen LogP contribution in [0.15, 0.2) is 36.4 Å². The number of benzene rings is 2. The maximum Gasteiger partial charge on any atom is 0.119 e. The van der Waals surface area contributed by atoms with E-state index in [0.29, 0.717) is 5.02 Å². The Morgan fingerprint density at radius 2 is 1.85 bits per heavy atom. The molecule has 3 rings (SSSR count). The number of nitrogens with one attached hydrogen (secondary N) is 1. The van der Waals surface area contributed by atoms with Crippen LogP contribution in [0.2, 0.25) is 5.02 Å². The molecule has 2 aromatic carbocycles. The number of rotatable bonds is 6. The van der Waals surface area contributed by atoms with Crippen molar-refractivity contribution in [2.75, 3.05) is 39.6 Å². The van der Waals surface area contributed by atoms with Gasteiger partial charge in [0.1, 0.15) is 5.75 Å². The number of hydrogen-bond acceptors (Lipinski definition) is 4. The Bertz CT molecular complexity index is 937. The summed E-state index contributed by atoms with van der Waals surface area (Å²) >= 11 is 6.19. The normalized spacial score (nSPS) is 12.1. The van der Waals surface area contributed by atoms with E-state index in [9.17, 15) is 0 Å². The Morgan fingerprint density at radius 3 is 2.54 bits per heavy atom. The molecule has 1 N–H and O–H groups in total. The fraction of sp³-hybridized carbons (Fsp3) is 0.381. The largest absolute Gasteiger partial charge is 0.497 e. The van der Waals surface area contributed by atoms with E-state index >= 15 is 0 Å². The summed E-state index contributed by atoms with van der Waals surface area (Å²) in [5, 5.41) is 6.49. The predicted molar refractivity (Wildman–Crippen MR) is 112 cm³/mol. The van der Waals surface area contributed by atoms with Crippen molar-refractivity contribution in [3.8, 4) is 5.75 Å². The van der Waals surface area contributed by atoms with Gasteiger partial charge in [-0.25, -0.2) is 4.98 Å². The summed E-state index contributed by atoms with van der Waals surface area (Å²) in [5.74, 6) is 0.822. The molecule has 0 aliphatic heterocycles. The number of anilines is 1. The molecule has 4 nitrogen and oxygen atoms in total. The topological polar surface area (TPSA) is 37.4 Å². The van der Waals surface area contributed by atoms with Crippen LogP contribution in [-0.4, -0.2) is 44.2 Å². The van der Waals surface area contributed by atoms with Crippen LogP contribution in [0.25, 0.3) is 21.8 Å². The van der Waals surface area contributed by atoms with Gasteiger partial charge in [0.15, 0.2) is 0 Å². The Labute approximate surface area is 160 Å². The summed E-state index contributed by atoms with van der Waals surface area (Å²) in [6.07, 6.45) is 0. The number of hydrogen-bond donors (Lipinski definition) is 1. The maximum absolute atomic E-state index is 6.19. The molecular formula is C21H26ClN3O. The second-order valence-electron chi connectivity index (χ2n) is 7.79. The number of nitrogens with zero attached hydrogens (tertiary/aromatic N) is 2. The molecule has 0 saturated carbocycles. The van der Waals surface area contributed by atoms with Crippen molar-refractivity contribution in [2.45, 2.75) is 13.8 Å². The van der Waals surface area contributed by atoms with E-state index in [2.05, 4.69) is 38.2 Å². The molecule has 26 heavy (non-hydrogen) atoms. The van der Waals surface area contributed by atoms with Gasteiger partial charge in [0, 0.05) is 28.9 Å². The van der Waals surface area contributed by atoms with Gasteiger partial charge in [0.25, 0.3) is 0 Å². The lowest BCUT2D eigenvalue weighted by molar-refractivity contribution is 0.254. The van der Waals surface area contributed by atoms with Crippen LogP contribution in [0.5, 0.6) is 5.75 Å². The molecule has 0 unspecified atom stereocenters. The van der Waals surface area contributed by atoms with Gasteiger partial charge in [0.05, 0.1) is 23.8 Å². The van der Waals surface area contributed by atoms with E-state index < -0.39 is 0 Å². The molecule has 1 heterocycles. The second-order valence-corrected chi connectivity index (χ2v) is 8.22. The number of ether oxygens (including phenoxy) is 1. The van der Waals surface area contributed by atoms with Gasteiger partial charge in [-0.2, -0.15) is 0 Å². The first-order valence-corrected chi connectivity index (χ1v) is 9.12. The van der Waals surface area contributed by atoms with Gasteiger partial charge in [-0.3, -0.25) is 0 Å². The van der Waals surface area contributed by atoms with Crippen molar-refractivity contribution in [3.63, 3.8) is 0 Å². The minimum atomic E-state index is 0.122. The first-order chi connectivity index (χ1) is 12.3. The SMILES string of the molecule is COc1ccc2nc3cc(Cl)ccc3c(NCC(C)(C)CN(C)C)c2c1. The number of aromatic nitrogens is 1. The van der Waals surface area contributed by atoms with Crippen LogP contribution in [0, 0.1) is 5.41 Å². The van der Waals surface area contributed by atoms with Crippen molar-refractivity contribution >= 4 is 39.1 Å². The molecule has 3 aromatic rings. The lowest BCUT2D eigenvalue weighted by Crippen LogP contribution is -2.34. The van der Waals surface area contributed by atoms with E-state index in [1.807, 2.05) is 36.4 Å². The van der Waals surface area contributed by atoms with Gasteiger partial charge < -0.3 is 15.0 Å². The number of pyridine rings is 1. The molecule has 0 bridgehead atoms. The highest BCUT2D eigenvalue weighted by molar-refractivity contribution is 6.31. The van der Waals surface area contributed by atoms with E-state index in [1.165, 1.54) is 0 Å². The quantitative estimate of drug-likeness (QED) is 0.615. The monoisotopic (exact) mass is 371 g/mol. The van der Waals surface area contributed by atoms with Gasteiger partial charge >= 0.3 is 0 Å². The van der Waals surface area contributed by atoms with Crippen molar-refractivity contribution < 1.29 is 4.74 Å². The highest BCUT2D eigenvalue weighted by atomic mass is 35.5. The van der Waals surface area contributed by atoms with E-state index in [-0.39, 0.29) is 5.41 Å². The molecule has 5 heteroatoms. The van der Waals surface area contributed by atoms with Crippen molar-refractivity contribution in [3.05, 3.63) is 41.4 Å². The summed E-state index contributed by atoms with van der Waals surface area (Å²) < 4.78 is 5.42. The maximum atomic E-state index is 6.19. The van der Waals surface area contributed by atoms with Gasteiger partial charge in [-0.1, -0.05) is 25.4 Å². The lowest BCUT2D eigenvalue weighted by atomic mass is 9.92. The molecule has 0 radical (unpaired) electrons. The molecule has 0 atom stereocenters. The average Bonchev–Trinajstić information content (AvgIpc) is 2.56. The zero-order valence-electron chi connectivity index (χ0n) is 16.1. The zero-order valence-corrected chi connectivity index (χ0v) is 16.8. The average molecular weight is 372 g/mol. The first kappa shape index (κ1) is 18.7. The number of fused-ring (bicyclic) bond motifs is 2. The Hall–Kier alpha value is -2.04. The Balaban J connectivity index is 2.12. The summed E-state index contributed by atoms with van der Waals surface area (Å²) in [6.45, 7) is 6.38. The molecular weight excluding hydrogens is 346 g/mol. The minimum absolute atomic E-state index is 0.122. The van der Waals surface area contributed by atoms with Crippen LogP contribution in [0.3, 0.4) is 0 Å². The third-order valence-corrected chi connectivity index (χ3v) is 4.67. The summed E-state index contributed by atoms with van der Waals surface area (Å²) in [6, 6.07) is 11.8. The number of methoxy groups -OCH3 is 1. The van der Waals surface area contributed by atoms with Gasteiger partial charge in [0.2, 0.25) is 0 Å². The third-order valence-electron chi connectivity index (χ3n) is 4.43. The Morgan fingerprint density at radius 1 is 1.08 bits per heavy atom. The second kappa shape index (κ2) is 7.29. The van der Waals surface area contributed by atoms with Crippen molar-refractivity contribution in [1.29, 1.82) is 0 Å². The van der Waals surface area contributed by atoms with Crippen LogP contribution in [0.4, 0.5) is 5.69 Å². The molecule has 1 aromatic heterocycles. The lowest BCUT2D eigenvalue weighted by Gasteiger charge is -2.29. The van der Waals surface area contributed by atoms with Crippen LogP contribution < -0.4 is 10.1 Å². The van der Waals surface area contributed by atoms with Crippen molar-refractivity contribution in [1.82, 2.24) is 9.88 Å². The highest BCUT2D eigenvalue weighted by Gasteiger charge is 2.20. The molecule has 0 amide bonds. The van der Waals surface area contributed by atoms with Crippen LogP contribution >= 0.6 is 11.6 Å². The molecule has 138 valence electrons. The Kier molecular flexibility index (Phi) is 5.26. The predicted octanol–water partition coefficient (Wildman–Crippen LogP) is 5.05. The number of halogens is 1. The van der Waals surface area contributed by atoms with Crippen LogP contribution in [0.1, 0.15) is 13.8 Å². The fourth-order valence-electron chi connectivity index (χ4n) is 3.45. The van der Waals surface area contributed by atoms with Gasteiger partial charge in [-0.15, -0.1) is 0 Å². The first-order valence-electron chi connectivity index (χ1n) is 8.75. The molecule has 0 aliphatic rings. The molecule has 0 saturated heterocycles. The van der Waals surface area contributed by atoms with E-state index in [4.69, 9.17) is 21.3 Å². The minimum Gasteiger partial charge on any atom is -0.497 e. The summed E-state index contributed by atoms with van der Waals surface area (Å²) in [7, 11) is 5.89. The molecule has 0 aliphatic carbocycles. The van der Waals surface area contributed by atoms with Gasteiger partial charge in [-0.05, 0) is 55.9 Å². The fourth-order valence-corrected chi connectivity index (χ4v) is 3.62. The summed E-state index contributed by atoms with van der Waals surface area (Å²) in [5.41, 5.74) is 3.01. The van der Waals surface area contributed by atoms with E-state index in [0.717, 1.165) is 46.3 Å². The van der Waals surface area contributed by atoms with E-state index in [1.54, 1.807) is 7.11 Å². The van der Waals surface area contributed by atoms with Crippen LogP contribution in [-0.2, 0) is 0 Å². The third kappa shape index (κ3) is 4.02. The standard InChI is InChI=1S/C21H26ClN3O/c1-21(2,13-25(3)4)12-23-20-16-8-6-14(22)10-19(16)24-18-9-7-15(26-5)11-17(18)20/h6-11H,12-13H2,1-5H3,(H,23,24). The zero-order chi connectivity index (χ0) is 18.9. The molecule has 0 fully saturated rings. The van der Waals surface area contributed by atoms with Crippen molar-refractivity contribution in [2.24, 2.45) is 5.41 Å². The molecule has 0 spiro atoms.